The van der Waals surface area contributed by atoms with Crippen LogP contribution in [0.4, 0.5) is 5.69 Å². The summed E-state index contributed by atoms with van der Waals surface area (Å²) in [5.41, 5.74) is 1.95. The predicted molar refractivity (Wildman–Crippen MR) is 108 cm³/mol. The van der Waals surface area contributed by atoms with Crippen LogP contribution in [0.2, 0.25) is 0 Å². The number of nitrogens with zero attached hydrogens (tertiary/aromatic N) is 1. The monoisotopic (exact) mass is 392 g/mol. The zero-order valence-electron chi connectivity index (χ0n) is 15.6. The van der Waals surface area contributed by atoms with E-state index < -0.39 is 4.92 Å². The van der Waals surface area contributed by atoms with Crippen molar-refractivity contribution in [2.75, 3.05) is 6.61 Å². The van der Waals surface area contributed by atoms with E-state index in [0.717, 1.165) is 16.9 Å². The summed E-state index contributed by atoms with van der Waals surface area (Å²) in [6, 6.07) is 22.9. The van der Waals surface area contributed by atoms with Crippen LogP contribution in [0.3, 0.4) is 0 Å². The van der Waals surface area contributed by atoms with Gasteiger partial charge in [0.2, 0.25) is 0 Å². The number of hydrogen-bond donors (Lipinski definition) is 1. The van der Waals surface area contributed by atoms with E-state index in [-0.39, 0.29) is 18.2 Å². The lowest BCUT2D eigenvalue weighted by molar-refractivity contribution is -0.384. The maximum atomic E-state index is 12.0. The van der Waals surface area contributed by atoms with Crippen molar-refractivity contribution >= 4 is 11.6 Å². The molecule has 0 aliphatic heterocycles. The number of ether oxygens (including phenoxy) is 2. The van der Waals surface area contributed by atoms with Crippen LogP contribution in [0, 0.1) is 10.1 Å². The first-order valence-corrected chi connectivity index (χ1v) is 9.00. The number of amides is 1. The maximum absolute atomic E-state index is 12.0. The molecular formula is C22H20N2O5. The molecule has 3 rings (SSSR count). The molecule has 0 aromatic heterocycles. The molecule has 0 saturated heterocycles. The van der Waals surface area contributed by atoms with E-state index in [4.69, 9.17) is 9.47 Å². The molecule has 0 spiro atoms. The number of benzene rings is 3. The number of carbonyl (C=O) groups excluding carboxylic acids is 1. The minimum atomic E-state index is -0.492. The maximum Gasteiger partial charge on any atom is 0.269 e. The molecule has 148 valence electrons. The Morgan fingerprint density at radius 2 is 1.59 bits per heavy atom. The molecule has 0 heterocycles. The summed E-state index contributed by atoms with van der Waals surface area (Å²) in [6.07, 6.45) is 0. The highest BCUT2D eigenvalue weighted by molar-refractivity contribution is 5.77. The number of rotatable bonds is 9. The number of hydrogen-bond acceptors (Lipinski definition) is 5. The highest BCUT2D eigenvalue weighted by Gasteiger charge is 2.07. The zero-order valence-corrected chi connectivity index (χ0v) is 15.6. The Bertz CT molecular complexity index is 958. The summed E-state index contributed by atoms with van der Waals surface area (Å²) in [6.45, 7) is 0.632. The molecule has 0 fully saturated rings. The fraction of sp³-hybridized carbons (Fsp3) is 0.136. The SMILES string of the molecule is O=C(COc1ccc([N+](=O)[O-])cc1)NCc1cccc(OCc2ccccc2)c1. The van der Waals surface area contributed by atoms with Crippen molar-refractivity contribution in [2.24, 2.45) is 0 Å². The summed E-state index contributed by atoms with van der Waals surface area (Å²) >= 11 is 0. The van der Waals surface area contributed by atoms with Crippen LogP contribution < -0.4 is 14.8 Å². The van der Waals surface area contributed by atoms with Gasteiger partial charge in [-0.2, -0.15) is 0 Å². The van der Waals surface area contributed by atoms with E-state index in [9.17, 15) is 14.9 Å². The molecule has 1 amide bonds. The number of nitro benzene ring substituents is 1. The molecule has 0 radical (unpaired) electrons. The Morgan fingerprint density at radius 1 is 0.862 bits per heavy atom. The molecule has 7 nitrogen and oxygen atoms in total. The van der Waals surface area contributed by atoms with Crippen LogP contribution in [0.5, 0.6) is 11.5 Å². The van der Waals surface area contributed by atoms with Crippen molar-refractivity contribution in [1.29, 1.82) is 0 Å². The van der Waals surface area contributed by atoms with Crippen LogP contribution in [0.1, 0.15) is 11.1 Å². The molecule has 0 aliphatic carbocycles. The average Bonchev–Trinajstić information content (AvgIpc) is 2.76. The fourth-order valence-corrected chi connectivity index (χ4v) is 2.55. The number of nitro groups is 1. The molecule has 0 unspecified atom stereocenters. The van der Waals surface area contributed by atoms with Gasteiger partial charge in [-0.05, 0) is 35.4 Å². The largest absolute Gasteiger partial charge is 0.489 e. The molecule has 0 atom stereocenters. The highest BCUT2D eigenvalue weighted by Crippen LogP contribution is 2.17. The van der Waals surface area contributed by atoms with Gasteiger partial charge >= 0.3 is 0 Å². The minimum Gasteiger partial charge on any atom is -0.489 e. The minimum absolute atomic E-state index is 0.0313. The van der Waals surface area contributed by atoms with E-state index in [1.54, 1.807) is 0 Å². The van der Waals surface area contributed by atoms with Crippen molar-refractivity contribution in [3.63, 3.8) is 0 Å². The van der Waals surface area contributed by atoms with Gasteiger partial charge in [0.15, 0.2) is 6.61 Å². The Kier molecular flexibility index (Phi) is 6.78. The molecular weight excluding hydrogens is 372 g/mol. The molecule has 3 aromatic rings. The van der Waals surface area contributed by atoms with Crippen molar-refractivity contribution in [1.82, 2.24) is 5.32 Å². The summed E-state index contributed by atoms with van der Waals surface area (Å²) in [4.78, 5) is 22.1. The van der Waals surface area contributed by atoms with Gasteiger partial charge < -0.3 is 14.8 Å². The second-order valence-electron chi connectivity index (χ2n) is 6.24. The van der Waals surface area contributed by atoms with Crippen LogP contribution in [-0.4, -0.2) is 17.4 Å². The normalized spacial score (nSPS) is 10.2. The third-order valence-corrected chi connectivity index (χ3v) is 4.05. The summed E-state index contributed by atoms with van der Waals surface area (Å²) in [5, 5.41) is 13.4. The number of carbonyl (C=O) groups is 1. The summed E-state index contributed by atoms with van der Waals surface area (Å²) in [7, 11) is 0. The molecule has 0 aliphatic rings. The van der Waals surface area contributed by atoms with Gasteiger partial charge in [0.25, 0.3) is 11.6 Å². The smallest absolute Gasteiger partial charge is 0.269 e. The van der Waals surface area contributed by atoms with E-state index >= 15 is 0 Å². The number of nitrogens with one attached hydrogen (secondary N) is 1. The average molecular weight is 392 g/mol. The predicted octanol–water partition coefficient (Wildman–Crippen LogP) is 3.87. The van der Waals surface area contributed by atoms with Crippen LogP contribution in [0.25, 0.3) is 0 Å². The van der Waals surface area contributed by atoms with Gasteiger partial charge in [-0.25, -0.2) is 0 Å². The highest BCUT2D eigenvalue weighted by atomic mass is 16.6. The van der Waals surface area contributed by atoms with E-state index in [2.05, 4.69) is 5.32 Å². The van der Waals surface area contributed by atoms with Crippen molar-refractivity contribution in [3.8, 4) is 11.5 Å². The van der Waals surface area contributed by atoms with E-state index in [1.165, 1.54) is 24.3 Å². The summed E-state index contributed by atoms with van der Waals surface area (Å²) in [5.74, 6) is 0.823. The standard InChI is InChI=1S/C22H20N2O5/c25-22(16-29-20-11-9-19(10-12-20)24(26)27)23-14-18-7-4-8-21(13-18)28-15-17-5-2-1-3-6-17/h1-13H,14-16H2,(H,23,25). The van der Waals surface area contributed by atoms with Crippen LogP contribution >= 0.6 is 0 Å². The van der Waals surface area contributed by atoms with Crippen LogP contribution in [-0.2, 0) is 17.9 Å². The van der Waals surface area contributed by atoms with E-state index in [0.29, 0.717) is 18.9 Å². The second kappa shape index (κ2) is 9.89. The topological polar surface area (TPSA) is 90.7 Å². The Balaban J connectivity index is 1.44. The second-order valence-corrected chi connectivity index (χ2v) is 6.24. The molecule has 0 bridgehead atoms. The van der Waals surface area contributed by atoms with Gasteiger partial charge in [-0.1, -0.05) is 42.5 Å². The number of non-ortho nitro benzene ring substituents is 1. The first-order valence-electron chi connectivity index (χ1n) is 9.00. The van der Waals surface area contributed by atoms with Gasteiger partial charge in [0, 0.05) is 18.7 Å². The Labute approximate surface area is 168 Å². The first-order chi connectivity index (χ1) is 14.1. The first kappa shape index (κ1) is 19.9. The molecule has 0 saturated carbocycles. The third kappa shape index (κ3) is 6.35. The Hall–Kier alpha value is -3.87. The summed E-state index contributed by atoms with van der Waals surface area (Å²) < 4.78 is 11.1. The van der Waals surface area contributed by atoms with Gasteiger partial charge in [0.05, 0.1) is 4.92 Å². The molecule has 7 heteroatoms. The third-order valence-electron chi connectivity index (χ3n) is 4.05. The van der Waals surface area contributed by atoms with Crippen molar-refractivity contribution in [2.45, 2.75) is 13.2 Å². The quantitative estimate of drug-likeness (QED) is 0.441. The lowest BCUT2D eigenvalue weighted by atomic mass is 10.2. The molecule has 3 aromatic carbocycles. The fourth-order valence-electron chi connectivity index (χ4n) is 2.55. The van der Waals surface area contributed by atoms with Crippen molar-refractivity contribution < 1.29 is 19.2 Å². The van der Waals surface area contributed by atoms with E-state index in [1.807, 2.05) is 54.6 Å². The van der Waals surface area contributed by atoms with Gasteiger partial charge in [-0.15, -0.1) is 0 Å². The van der Waals surface area contributed by atoms with Crippen molar-refractivity contribution in [3.05, 3.63) is 100 Å². The van der Waals surface area contributed by atoms with Gasteiger partial charge in [0.1, 0.15) is 18.1 Å². The van der Waals surface area contributed by atoms with Gasteiger partial charge in [-0.3, -0.25) is 14.9 Å². The lowest BCUT2D eigenvalue weighted by Gasteiger charge is -2.10. The lowest BCUT2D eigenvalue weighted by Crippen LogP contribution is -2.28. The Morgan fingerprint density at radius 3 is 2.31 bits per heavy atom. The zero-order chi connectivity index (χ0) is 20.5. The molecule has 29 heavy (non-hydrogen) atoms. The molecule has 1 N–H and O–H groups in total. The van der Waals surface area contributed by atoms with Crippen LogP contribution in [0.15, 0.2) is 78.9 Å².